The molecule has 1 atom stereocenters. The van der Waals surface area contributed by atoms with Crippen molar-refractivity contribution in [2.45, 2.75) is 25.5 Å². The van der Waals surface area contributed by atoms with Crippen LogP contribution in [0.15, 0.2) is 0 Å². The van der Waals surface area contributed by atoms with Crippen LogP contribution in [0.5, 0.6) is 0 Å². The van der Waals surface area contributed by atoms with E-state index in [1.807, 2.05) is 0 Å². The largest absolute Gasteiger partial charge is 0.453 e. The molecular weight excluding hydrogens is 162 g/mol. The van der Waals surface area contributed by atoms with Gasteiger partial charge in [0.05, 0.1) is 12.7 Å². The Labute approximate surface area is 70.7 Å². The maximum absolute atomic E-state index is 10.6. The van der Waals surface area contributed by atoms with E-state index in [4.69, 9.17) is 0 Å². The van der Waals surface area contributed by atoms with Crippen molar-refractivity contribution in [3.63, 3.8) is 0 Å². The first-order valence-corrected chi connectivity index (χ1v) is 3.36. The fourth-order valence-electron chi connectivity index (χ4n) is 0.527. The number of alkyl carbamates (subject to hydrolysis) is 1. The normalized spacial score (nSPS) is 13.3. The van der Waals surface area contributed by atoms with E-state index in [9.17, 15) is 14.7 Å². The number of ether oxygens (including phenoxy) is 1. The van der Waals surface area contributed by atoms with Gasteiger partial charge in [-0.1, -0.05) is 0 Å². The van der Waals surface area contributed by atoms with Crippen LogP contribution in [0.4, 0.5) is 4.79 Å². The minimum Gasteiger partial charge on any atom is -0.453 e. The van der Waals surface area contributed by atoms with Crippen LogP contribution in [-0.2, 0) is 9.53 Å². The highest BCUT2D eigenvalue weighted by atomic mass is 16.5. The fourth-order valence-corrected chi connectivity index (χ4v) is 0.527. The van der Waals surface area contributed by atoms with Gasteiger partial charge in [-0.3, -0.25) is 4.79 Å². The Morgan fingerprint density at radius 1 is 1.67 bits per heavy atom. The van der Waals surface area contributed by atoms with Gasteiger partial charge in [0.2, 0.25) is 6.29 Å². The lowest BCUT2D eigenvalue weighted by atomic mass is 10.0. The molecule has 1 amide bonds. The van der Waals surface area contributed by atoms with E-state index in [-0.39, 0.29) is 0 Å². The lowest BCUT2D eigenvalue weighted by Gasteiger charge is -2.23. The van der Waals surface area contributed by atoms with Gasteiger partial charge in [0.1, 0.15) is 6.04 Å². The van der Waals surface area contributed by atoms with Crippen molar-refractivity contribution in [3.05, 3.63) is 0 Å². The fraction of sp³-hybridized carbons (Fsp3) is 0.714. The highest BCUT2D eigenvalue weighted by Gasteiger charge is 2.28. The van der Waals surface area contributed by atoms with E-state index in [0.29, 0.717) is 0 Å². The summed E-state index contributed by atoms with van der Waals surface area (Å²) in [6.45, 7) is 2.77. The third kappa shape index (κ3) is 3.34. The molecule has 0 aliphatic carbocycles. The summed E-state index contributed by atoms with van der Waals surface area (Å²) in [5, 5.41) is 11.4. The van der Waals surface area contributed by atoms with Gasteiger partial charge in [-0.15, -0.1) is 0 Å². The standard InChI is InChI=1S/C7H12NO4/c1-7(2,11)5(4-9)8-6(10)12-3/h5,11H,1-3H3,(H,8,10). The molecule has 2 N–H and O–H groups in total. The summed E-state index contributed by atoms with van der Waals surface area (Å²) >= 11 is 0. The van der Waals surface area contributed by atoms with Crippen LogP contribution in [0, 0.1) is 0 Å². The minimum absolute atomic E-state index is 0.773. The molecule has 0 saturated heterocycles. The smallest absolute Gasteiger partial charge is 0.407 e. The van der Waals surface area contributed by atoms with Crippen molar-refractivity contribution in [2.24, 2.45) is 0 Å². The number of amides is 1. The van der Waals surface area contributed by atoms with Gasteiger partial charge in [0, 0.05) is 0 Å². The molecule has 5 heteroatoms. The average molecular weight is 174 g/mol. The zero-order chi connectivity index (χ0) is 9.78. The first-order chi connectivity index (χ1) is 5.41. The van der Waals surface area contributed by atoms with Crippen molar-refractivity contribution in [1.82, 2.24) is 5.32 Å². The maximum Gasteiger partial charge on any atom is 0.407 e. The number of methoxy groups -OCH3 is 1. The van der Waals surface area contributed by atoms with E-state index in [1.165, 1.54) is 27.2 Å². The topological polar surface area (TPSA) is 75.6 Å². The van der Waals surface area contributed by atoms with Crippen LogP contribution in [0.25, 0.3) is 0 Å². The average Bonchev–Trinajstić information content (AvgIpc) is 1.97. The lowest BCUT2D eigenvalue weighted by molar-refractivity contribution is 0.0576. The summed E-state index contributed by atoms with van der Waals surface area (Å²) in [6.07, 6.45) is 0.723. The van der Waals surface area contributed by atoms with Crippen molar-refractivity contribution in [2.75, 3.05) is 7.11 Å². The van der Waals surface area contributed by atoms with Crippen molar-refractivity contribution in [3.8, 4) is 0 Å². The summed E-state index contributed by atoms with van der Waals surface area (Å²) in [5.74, 6) is 0. The third-order valence-corrected chi connectivity index (χ3v) is 1.27. The lowest BCUT2D eigenvalue weighted by Crippen LogP contribution is -2.50. The molecule has 0 saturated carbocycles. The first kappa shape index (κ1) is 10.9. The van der Waals surface area contributed by atoms with Crippen LogP contribution < -0.4 is 5.32 Å². The molecule has 0 heterocycles. The predicted molar refractivity (Wildman–Crippen MR) is 41.3 cm³/mol. The SMILES string of the molecule is COC(=O)NC([C]=O)C(C)(C)O. The van der Waals surface area contributed by atoms with E-state index in [1.54, 1.807) is 0 Å². The Morgan fingerprint density at radius 3 is 2.42 bits per heavy atom. The quantitative estimate of drug-likeness (QED) is 0.610. The summed E-state index contributed by atoms with van der Waals surface area (Å²) in [5.41, 5.74) is -1.34. The monoisotopic (exact) mass is 174 g/mol. The summed E-state index contributed by atoms with van der Waals surface area (Å²) in [4.78, 5) is 20.9. The second-order valence-corrected chi connectivity index (χ2v) is 2.84. The highest BCUT2D eigenvalue weighted by Crippen LogP contribution is 2.05. The second kappa shape index (κ2) is 4.06. The second-order valence-electron chi connectivity index (χ2n) is 2.84. The summed E-state index contributed by atoms with van der Waals surface area (Å²) in [7, 11) is 1.17. The number of hydrogen-bond acceptors (Lipinski definition) is 4. The van der Waals surface area contributed by atoms with E-state index in [0.717, 1.165) is 0 Å². The number of hydrogen-bond donors (Lipinski definition) is 2. The minimum atomic E-state index is -1.34. The van der Waals surface area contributed by atoms with Crippen molar-refractivity contribution in [1.29, 1.82) is 0 Å². The molecule has 5 nitrogen and oxygen atoms in total. The molecule has 0 aromatic carbocycles. The zero-order valence-electron chi connectivity index (χ0n) is 7.25. The Balaban J connectivity index is 4.19. The van der Waals surface area contributed by atoms with Crippen molar-refractivity contribution >= 4 is 12.4 Å². The van der Waals surface area contributed by atoms with Crippen LogP contribution in [0.3, 0.4) is 0 Å². The molecule has 1 unspecified atom stereocenters. The van der Waals surface area contributed by atoms with Gasteiger partial charge in [-0.2, -0.15) is 0 Å². The number of aliphatic hydroxyl groups is 1. The van der Waals surface area contributed by atoms with Crippen LogP contribution in [-0.4, -0.2) is 36.2 Å². The maximum atomic E-state index is 10.6. The molecule has 0 bridgehead atoms. The van der Waals surface area contributed by atoms with Gasteiger partial charge >= 0.3 is 6.09 Å². The number of carbonyl (C=O) groups excluding carboxylic acids is 2. The third-order valence-electron chi connectivity index (χ3n) is 1.27. The molecular formula is C7H12NO4. The first-order valence-electron chi connectivity index (χ1n) is 3.36. The molecule has 69 valence electrons. The van der Waals surface area contributed by atoms with Gasteiger partial charge in [0.15, 0.2) is 0 Å². The number of rotatable bonds is 3. The molecule has 0 aliphatic rings. The molecule has 0 fully saturated rings. The Morgan fingerprint density at radius 2 is 2.17 bits per heavy atom. The summed E-state index contributed by atoms with van der Waals surface area (Å²) < 4.78 is 4.24. The van der Waals surface area contributed by atoms with Crippen LogP contribution in [0.1, 0.15) is 13.8 Å². The van der Waals surface area contributed by atoms with E-state index in [2.05, 4.69) is 10.1 Å². The van der Waals surface area contributed by atoms with Crippen LogP contribution >= 0.6 is 0 Å². The molecule has 0 aromatic rings. The predicted octanol–water partition coefficient (Wildman–Crippen LogP) is -0.408. The van der Waals surface area contributed by atoms with Crippen LogP contribution in [0.2, 0.25) is 0 Å². The Bertz CT molecular complexity index is 173. The van der Waals surface area contributed by atoms with Gasteiger partial charge in [-0.05, 0) is 13.8 Å². The summed E-state index contributed by atoms with van der Waals surface area (Å²) in [6, 6.07) is -1.08. The van der Waals surface area contributed by atoms with Gasteiger partial charge < -0.3 is 15.2 Å². The Hall–Kier alpha value is -1.10. The molecule has 0 rings (SSSR count). The van der Waals surface area contributed by atoms with Gasteiger partial charge in [-0.25, -0.2) is 4.79 Å². The molecule has 12 heavy (non-hydrogen) atoms. The molecule has 1 radical (unpaired) electrons. The Kier molecular flexibility index (Phi) is 3.69. The number of nitrogens with one attached hydrogen (secondary N) is 1. The van der Waals surface area contributed by atoms with E-state index >= 15 is 0 Å². The number of carbonyl (C=O) groups is 1. The highest BCUT2D eigenvalue weighted by molar-refractivity contribution is 5.74. The van der Waals surface area contributed by atoms with E-state index < -0.39 is 17.7 Å². The van der Waals surface area contributed by atoms with Gasteiger partial charge in [0.25, 0.3) is 0 Å². The molecule has 0 aromatic heterocycles. The molecule has 0 spiro atoms. The zero-order valence-corrected chi connectivity index (χ0v) is 7.25. The van der Waals surface area contributed by atoms with Crippen molar-refractivity contribution < 1.29 is 19.4 Å². The molecule has 0 aliphatic heterocycles.